The molecule has 4 aromatic carbocycles. The third kappa shape index (κ3) is 11.9. The fourth-order valence-corrected chi connectivity index (χ4v) is 8.26. The number of aromatic nitrogens is 6. The summed E-state index contributed by atoms with van der Waals surface area (Å²) in [6.45, 7) is 4.28. The number of benzene rings is 4. The second-order valence-electron chi connectivity index (χ2n) is 17.6. The monoisotopic (exact) mass is 1020 g/mol. The number of carbonyl (C=O) groups is 4. The molecule has 0 spiro atoms. The number of hydrogen-bond donors (Lipinski definition) is 1. The van der Waals surface area contributed by atoms with Gasteiger partial charge in [-0.2, -0.15) is 27.8 Å². The van der Waals surface area contributed by atoms with Crippen LogP contribution in [0.25, 0.3) is 33.3 Å². The summed E-state index contributed by atoms with van der Waals surface area (Å²) in [5.74, 6) is -4.68. The Balaban J connectivity index is 0.000000195. The molecule has 18 nitrogen and oxygen atoms in total. The molecule has 1 N–H and O–H groups in total. The average molecular weight is 1020 g/mol. The van der Waals surface area contributed by atoms with Crippen LogP contribution in [0, 0.1) is 11.6 Å². The number of ketones is 1. The van der Waals surface area contributed by atoms with Crippen LogP contribution in [0.15, 0.2) is 89.6 Å². The molecule has 2 saturated heterocycles. The van der Waals surface area contributed by atoms with Crippen LogP contribution in [0.1, 0.15) is 33.8 Å². The summed E-state index contributed by atoms with van der Waals surface area (Å²) in [4.78, 5) is 61.2. The SMILES string of the molecule is CN1CCN(C(=O)N(Cc2ccc(-c3nnc(C(F)F)o3)cc2F)c2ccc3cnn(C)c3c2)CC1.CN1CCN(C(=O)N(Cc2ccc(C(=O)CNC(=O)C(F)F)cc2F)c2ccc3cnn(C)c3c2)CC1. The number of halogens is 6. The number of rotatable bonds is 12. The molecule has 0 radical (unpaired) electrons. The first-order chi connectivity index (χ1) is 34.9. The topological polar surface area (TPSA) is 174 Å². The molecular weight excluding hydrogens is 965 g/mol. The molecule has 384 valence electrons. The van der Waals surface area contributed by atoms with Gasteiger partial charge >= 0.3 is 24.9 Å². The lowest BCUT2D eigenvalue weighted by Gasteiger charge is -2.36. The predicted molar refractivity (Wildman–Crippen MR) is 257 cm³/mol. The highest BCUT2D eigenvalue weighted by Crippen LogP contribution is 2.30. The summed E-state index contributed by atoms with van der Waals surface area (Å²) < 4.78 is 88.9. The van der Waals surface area contributed by atoms with Crippen LogP contribution in [-0.2, 0) is 32.0 Å². The minimum absolute atomic E-state index is 0.0350. The van der Waals surface area contributed by atoms with Crippen LogP contribution in [0.5, 0.6) is 0 Å². The number of nitrogens with zero attached hydrogens (tertiary/aromatic N) is 12. The second-order valence-corrected chi connectivity index (χ2v) is 17.6. The van der Waals surface area contributed by atoms with E-state index in [-0.39, 0.29) is 53.3 Å². The number of Topliss-reactive ketones (excluding diaryl/α,β-unsaturated/α-hetero) is 1. The summed E-state index contributed by atoms with van der Waals surface area (Å²) in [6, 6.07) is 18.3. The normalized spacial score (nSPS) is 14.5. The Morgan fingerprint density at radius 3 is 1.58 bits per heavy atom. The van der Waals surface area contributed by atoms with Crippen molar-refractivity contribution >= 4 is 56.9 Å². The quantitative estimate of drug-likeness (QED) is 0.102. The van der Waals surface area contributed by atoms with Gasteiger partial charge in [-0.1, -0.05) is 18.2 Å². The van der Waals surface area contributed by atoms with Crippen LogP contribution in [-0.4, -0.2) is 153 Å². The molecule has 2 aliphatic heterocycles. The van der Waals surface area contributed by atoms with Crippen LogP contribution >= 0.6 is 0 Å². The Morgan fingerprint density at radius 2 is 1.12 bits per heavy atom. The molecule has 0 bridgehead atoms. The fourth-order valence-electron chi connectivity index (χ4n) is 8.26. The standard InChI is InChI=1S/C25H27F3N6O3.C24H24F3N7O2/c1-31-7-9-33(10-8-31)25(37)34(19-6-5-17-13-30-32(2)21(17)12-19)15-18-4-3-16(11-20(18)26)22(35)14-29-24(36)23(27)28;1-31-7-9-33(10-8-31)24(35)34(18-6-5-16-13-28-32(2)20(16)12-18)14-17-4-3-15(11-19(17)25)22-29-30-23(36-22)21(26)27/h3-6,11-13,23H,7-10,14-15H2,1-2H3,(H,29,36);3-6,11-13,21H,7-10,14H2,1-2H3. The van der Waals surface area contributed by atoms with Crippen molar-refractivity contribution in [2.45, 2.75) is 25.9 Å². The highest BCUT2D eigenvalue weighted by atomic mass is 19.3. The van der Waals surface area contributed by atoms with E-state index >= 15 is 8.78 Å². The molecule has 0 atom stereocenters. The molecule has 5 amide bonds. The summed E-state index contributed by atoms with van der Waals surface area (Å²) in [5.41, 5.74) is 3.33. The van der Waals surface area contributed by atoms with Gasteiger partial charge in [0.1, 0.15) is 11.6 Å². The highest BCUT2D eigenvalue weighted by molar-refractivity contribution is 6.00. The van der Waals surface area contributed by atoms with Gasteiger partial charge in [0, 0.05) is 111 Å². The Bertz CT molecular complexity index is 3130. The number of urea groups is 2. The first-order valence-electron chi connectivity index (χ1n) is 23.1. The Morgan fingerprint density at radius 1 is 0.630 bits per heavy atom. The van der Waals surface area contributed by atoms with E-state index in [9.17, 15) is 36.7 Å². The van der Waals surface area contributed by atoms with E-state index in [4.69, 9.17) is 4.42 Å². The molecule has 3 aromatic heterocycles. The Hall–Kier alpha value is -7.86. The zero-order valence-electron chi connectivity index (χ0n) is 40.2. The Kier molecular flexibility index (Phi) is 15.7. The van der Waals surface area contributed by atoms with Gasteiger partial charge in [0.2, 0.25) is 5.89 Å². The maximum Gasteiger partial charge on any atom is 0.324 e. The van der Waals surface area contributed by atoms with E-state index in [1.54, 1.807) is 44.7 Å². The largest absolute Gasteiger partial charge is 0.415 e. The summed E-state index contributed by atoms with van der Waals surface area (Å²) in [6.07, 6.45) is -2.71. The fraction of sp³-hybridized carbons (Fsp3) is 0.347. The van der Waals surface area contributed by atoms with E-state index < -0.39 is 48.6 Å². The maximum absolute atomic E-state index is 15.2. The van der Waals surface area contributed by atoms with Crippen LogP contribution in [0.3, 0.4) is 0 Å². The molecule has 2 aliphatic rings. The number of nitrogens with one attached hydrogen (secondary N) is 1. The van der Waals surface area contributed by atoms with E-state index in [0.29, 0.717) is 50.6 Å². The maximum atomic E-state index is 15.2. The summed E-state index contributed by atoms with van der Waals surface area (Å²) in [7, 11) is 7.58. The highest BCUT2D eigenvalue weighted by Gasteiger charge is 2.29. The van der Waals surface area contributed by atoms with Crippen molar-refractivity contribution in [2.24, 2.45) is 14.1 Å². The average Bonchev–Trinajstić information content (AvgIpc) is 4.13. The van der Waals surface area contributed by atoms with Crippen molar-refractivity contribution in [3.8, 4) is 11.5 Å². The third-order valence-electron chi connectivity index (χ3n) is 12.7. The van der Waals surface area contributed by atoms with Crippen molar-refractivity contribution < 1.29 is 49.9 Å². The molecule has 9 rings (SSSR count). The zero-order chi connectivity index (χ0) is 52.1. The van der Waals surface area contributed by atoms with Crippen molar-refractivity contribution in [3.05, 3.63) is 119 Å². The first-order valence-corrected chi connectivity index (χ1v) is 23.1. The van der Waals surface area contributed by atoms with Crippen molar-refractivity contribution in [1.82, 2.24) is 54.7 Å². The number of amides is 5. The molecule has 7 aromatic rings. The lowest BCUT2D eigenvalue weighted by Crippen LogP contribution is -2.52. The number of aryl methyl sites for hydroxylation is 2. The number of carbonyl (C=O) groups excluding carboxylic acids is 4. The van der Waals surface area contributed by atoms with Gasteiger partial charge in [-0.25, -0.2) is 18.4 Å². The van der Waals surface area contributed by atoms with Crippen LogP contribution < -0.4 is 15.1 Å². The van der Waals surface area contributed by atoms with Crippen LogP contribution in [0.4, 0.5) is 47.3 Å². The number of piperazine rings is 2. The smallest absolute Gasteiger partial charge is 0.324 e. The molecule has 24 heteroatoms. The minimum Gasteiger partial charge on any atom is -0.415 e. The molecule has 2 fully saturated rings. The molecule has 5 heterocycles. The lowest BCUT2D eigenvalue weighted by atomic mass is 10.1. The molecule has 0 saturated carbocycles. The summed E-state index contributed by atoms with van der Waals surface area (Å²) >= 11 is 0. The predicted octanol–water partition coefficient (Wildman–Crippen LogP) is 6.72. The molecule has 0 unspecified atom stereocenters. The van der Waals surface area contributed by atoms with E-state index in [2.05, 4.69) is 30.2 Å². The van der Waals surface area contributed by atoms with Gasteiger partial charge in [-0.15, -0.1) is 10.2 Å². The number of alkyl halides is 4. The van der Waals surface area contributed by atoms with E-state index in [1.807, 2.05) is 56.8 Å². The van der Waals surface area contributed by atoms with Gasteiger partial charge in [-0.05, 0) is 68.7 Å². The molecule has 73 heavy (non-hydrogen) atoms. The Labute approximate surface area is 414 Å². The number of fused-ring (bicyclic) bond motifs is 2. The summed E-state index contributed by atoms with van der Waals surface area (Å²) in [5, 5.41) is 19.0. The third-order valence-corrected chi connectivity index (χ3v) is 12.7. The number of hydrogen-bond acceptors (Lipinski definition) is 11. The molecule has 0 aliphatic carbocycles. The van der Waals surface area contributed by atoms with Crippen LogP contribution in [0.2, 0.25) is 0 Å². The zero-order valence-corrected chi connectivity index (χ0v) is 40.2. The van der Waals surface area contributed by atoms with Gasteiger partial charge in [-0.3, -0.25) is 28.8 Å². The minimum atomic E-state index is -3.25. The second kappa shape index (κ2) is 22.3. The number of likely N-dealkylation sites (N-methyl/N-ethyl adjacent to an activating group) is 2. The van der Waals surface area contributed by atoms with Crippen molar-refractivity contribution in [2.75, 3.05) is 82.8 Å². The van der Waals surface area contributed by atoms with Gasteiger partial charge < -0.3 is 29.3 Å². The van der Waals surface area contributed by atoms with E-state index in [0.717, 1.165) is 47.0 Å². The number of anilines is 2. The van der Waals surface area contributed by atoms with Gasteiger partial charge in [0.25, 0.3) is 11.8 Å². The first kappa shape index (κ1) is 51.5. The molecular formula is C49H51F6N13O5. The van der Waals surface area contributed by atoms with E-state index in [1.165, 1.54) is 34.1 Å². The van der Waals surface area contributed by atoms with Gasteiger partial charge in [0.05, 0.1) is 43.1 Å². The van der Waals surface area contributed by atoms with Crippen molar-refractivity contribution in [3.63, 3.8) is 0 Å². The lowest BCUT2D eigenvalue weighted by molar-refractivity contribution is -0.131. The van der Waals surface area contributed by atoms with Crippen molar-refractivity contribution in [1.29, 1.82) is 0 Å². The van der Waals surface area contributed by atoms with Gasteiger partial charge in [0.15, 0.2) is 5.78 Å².